The van der Waals surface area contributed by atoms with Crippen molar-refractivity contribution in [2.45, 2.75) is 0 Å². The molecule has 0 fully saturated rings. The van der Waals surface area contributed by atoms with Crippen molar-refractivity contribution in [1.82, 2.24) is 0 Å². The first-order valence-electron chi connectivity index (χ1n) is 4.91. The summed E-state index contributed by atoms with van der Waals surface area (Å²) in [6, 6.07) is 9.40. The zero-order valence-corrected chi connectivity index (χ0v) is 10.5. The standard InChI is InChI=1S/C13H9Cl2FO/c1-17-9-3-5-13(16)11(7-9)10-6-8(14)2-4-12(10)15/h2-7H,1H3. The van der Waals surface area contributed by atoms with Crippen LogP contribution < -0.4 is 4.74 Å². The highest BCUT2D eigenvalue weighted by atomic mass is 35.5. The molecule has 0 amide bonds. The minimum Gasteiger partial charge on any atom is -0.497 e. The summed E-state index contributed by atoms with van der Waals surface area (Å²) < 4.78 is 18.8. The molecule has 2 rings (SSSR count). The van der Waals surface area contributed by atoms with Gasteiger partial charge in [0.1, 0.15) is 11.6 Å². The number of methoxy groups -OCH3 is 1. The highest BCUT2D eigenvalue weighted by Crippen LogP contribution is 2.34. The molecule has 88 valence electrons. The Kier molecular flexibility index (Phi) is 3.55. The van der Waals surface area contributed by atoms with E-state index in [-0.39, 0.29) is 5.82 Å². The average Bonchev–Trinajstić information content (AvgIpc) is 2.33. The third-order valence-corrected chi connectivity index (χ3v) is 2.96. The van der Waals surface area contributed by atoms with Gasteiger partial charge in [0.15, 0.2) is 0 Å². The molecule has 17 heavy (non-hydrogen) atoms. The van der Waals surface area contributed by atoms with Crippen LogP contribution in [0.3, 0.4) is 0 Å². The van der Waals surface area contributed by atoms with Crippen molar-refractivity contribution in [1.29, 1.82) is 0 Å². The van der Waals surface area contributed by atoms with E-state index in [1.807, 2.05) is 0 Å². The smallest absolute Gasteiger partial charge is 0.131 e. The van der Waals surface area contributed by atoms with Gasteiger partial charge in [0.05, 0.1) is 7.11 Å². The van der Waals surface area contributed by atoms with E-state index >= 15 is 0 Å². The normalized spacial score (nSPS) is 10.4. The maximum Gasteiger partial charge on any atom is 0.131 e. The van der Waals surface area contributed by atoms with Crippen LogP contribution in [0.5, 0.6) is 5.75 Å². The molecule has 0 aliphatic rings. The van der Waals surface area contributed by atoms with Gasteiger partial charge in [0.25, 0.3) is 0 Å². The first-order chi connectivity index (χ1) is 8.11. The van der Waals surface area contributed by atoms with Gasteiger partial charge >= 0.3 is 0 Å². The zero-order chi connectivity index (χ0) is 12.4. The highest BCUT2D eigenvalue weighted by Gasteiger charge is 2.10. The molecule has 0 bridgehead atoms. The van der Waals surface area contributed by atoms with E-state index in [0.29, 0.717) is 26.9 Å². The van der Waals surface area contributed by atoms with Crippen molar-refractivity contribution in [3.63, 3.8) is 0 Å². The fourth-order valence-corrected chi connectivity index (χ4v) is 1.93. The van der Waals surface area contributed by atoms with Gasteiger partial charge in [-0.15, -0.1) is 0 Å². The molecule has 1 nitrogen and oxygen atoms in total. The van der Waals surface area contributed by atoms with E-state index in [1.54, 1.807) is 30.3 Å². The lowest BCUT2D eigenvalue weighted by molar-refractivity contribution is 0.414. The first-order valence-corrected chi connectivity index (χ1v) is 5.66. The van der Waals surface area contributed by atoms with E-state index in [1.165, 1.54) is 13.2 Å². The SMILES string of the molecule is COc1ccc(F)c(-c2cc(Cl)ccc2Cl)c1. The summed E-state index contributed by atoms with van der Waals surface area (Å²) in [5, 5.41) is 0.952. The van der Waals surface area contributed by atoms with E-state index in [4.69, 9.17) is 27.9 Å². The maximum atomic E-state index is 13.7. The largest absolute Gasteiger partial charge is 0.497 e. The summed E-state index contributed by atoms with van der Waals surface area (Å²) in [6.45, 7) is 0. The average molecular weight is 271 g/mol. The molecule has 2 aromatic rings. The molecule has 0 spiro atoms. The molecule has 0 aromatic heterocycles. The number of ether oxygens (including phenoxy) is 1. The molecule has 0 N–H and O–H groups in total. The Bertz CT molecular complexity index is 555. The molecular formula is C13H9Cl2FO. The summed E-state index contributed by atoms with van der Waals surface area (Å²) in [5.41, 5.74) is 0.924. The predicted molar refractivity (Wildman–Crippen MR) is 68.4 cm³/mol. The van der Waals surface area contributed by atoms with Gasteiger partial charge in [-0.3, -0.25) is 0 Å². The molecule has 0 aliphatic heterocycles. The van der Waals surface area contributed by atoms with Crippen molar-refractivity contribution in [2.75, 3.05) is 7.11 Å². The van der Waals surface area contributed by atoms with E-state index in [0.717, 1.165) is 0 Å². The molecular weight excluding hydrogens is 262 g/mol. The number of rotatable bonds is 2. The van der Waals surface area contributed by atoms with Gasteiger partial charge in [-0.05, 0) is 36.4 Å². The summed E-state index contributed by atoms with van der Waals surface area (Å²) in [4.78, 5) is 0. The molecule has 4 heteroatoms. The van der Waals surface area contributed by atoms with Crippen molar-refractivity contribution < 1.29 is 9.13 Å². The molecule has 2 aromatic carbocycles. The third kappa shape index (κ3) is 2.54. The monoisotopic (exact) mass is 270 g/mol. The zero-order valence-electron chi connectivity index (χ0n) is 9.01. The summed E-state index contributed by atoms with van der Waals surface area (Å²) in [7, 11) is 1.52. The van der Waals surface area contributed by atoms with E-state index in [9.17, 15) is 4.39 Å². The van der Waals surface area contributed by atoms with Crippen LogP contribution in [0.25, 0.3) is 11.1 Å². The maximum absolute atomic E-state index is 13.7. The van der Waals surface area contributed by atoms with E-state index < -0.39 is 0 Å². The van der Waals surface area contributed by atoms with Crippen molar-refractivity contribution in [3.05, 3.63) is 52.3 Å². The van der Waals surface area contributed by atoms with Crippen LogP contribution in [-0.4, -0.2) is 7.11 Å². The second kappa shape index (κ2) is 4.94. The number of hydrogen-bond acceptors (Lipinski definition) is 1. The van der Waals surface area contributed by atoms with Crippen LogP contribution in [0.4, 0.5) is 4.39 Å². The Balaban J connectivity index is 2.62. The molecule has 0 unspecified atom stereocenters. The Morgan fingerprint density at radius 1 is 1.00 bits per heavy atom. The van der Waals surface area contributed by atoms with Crippen LogP contribution in [0.1, 0.15) is 0 Å². The lowest BCUT2D eigenvalue weighted by Crippen LogP contribution is -1.89. The number of halogens is 3. The Hall–Kier alpha value is -1.25. The Morgan fingerprint density at radius 2 is 1.76 bits per heavy atom. The summed E-state index contributed by atoms with van der Waals surface area (Å²) in [6.07, 6.45) is 0. The molecule has 0 aliphatic carbocycles. The van der Waals surface area contributed by atoms with Gasteiger partial charge in [0, 0.05) is 21.2 Å². The minimum absolute atomic E-state index is 0.366. The van der Waals surface area contributed by atoms with Crippen molar-refractivity contribution in [2.24, 2.45) is 0 Å². The summed E-state index contributed by atoms with van der Waals surface area (Å²) in [5.74, 6) is 0.201. The van der Waals surface area contributed by atoms with E-state index in [2.05, 4.69) is 0 Å². The lowest BCUT2D eigenvalue weighted by atomic mass is 10.0. The molecule has 0 heterocycles. The predicted octanol–water partition coefficient (Wildman–Crippen LogP) is 4.81. The minimum atomic E-state index is -0.366. The quantitative estimate of drug-likeness (QED) is 0.761. The van der Waals surface area contributed by atoms with Gasteiger partial charge < -0.3 is 4.74 Å². The second-order valence-corrected chi connectivity index (χ2v) is 4.31. The molecule has 0 saturated carbocycles. The molecule has 0 saturated heterocycles. The number of benzene rings is 2. The Labute approximate surface area is 109 Å². The van der Waals surface area contributed by atoms with Crippen LogP contribution in [0.15, 0.2) is 36.4 Å². The second-order valence-electron chi connectivity index (χ2n) is 3.47. The molecule has 0 atom stereocenters. The Morgan fingerprint density at radius 3 is 2.47 bits per heavy atom. The lowest BCUT2D eigenvalue weighted by Gasteiger charge is -2.08. The molecule has 0 radical (unpaired) electrons. The van der Waals surface area contributed by atoms with Crippen LogP contribution >= 0.6 is 23.2 Å². The van der Waals surface area contributed by atoms with Crippen LogP contribution in [-0.2, 0) is 0 Å². The van der Waals surface area contributed by atoms with Gasteiger partial charge in [-0.1, -0.05) is 23.2 Å². The highest BCUT2D eigenvalue weighted by molar-refractivity contribution is 6.35. The summed E-state index contributed by atoms with van der Waals surface area (Å²) >= 11 is 11.9. The third-order valence-electron chi connectivity index (χ3n) is 2.39. The van der Waals surface area contributed by atoms with Gasteiger partial charge in [0.2, 0.25) is 0 Å². The first kappa shape index (κ1) is 12.2. The van der Waals surface area contributed by atoms with Gasteiger partial charge in [-0.2, -0.15) is 0 Å². The fraction of sp³-hybridized carbons (Fsp3) is 0.0769. The van der Waals surface area contributed by atoms with Crippen LogP contribution in [0, 0.1) is 5.82 Å². The van der Waals surface area contributed by atoms with Crippen molar-refractivity contribution in [3.8, 4) is 16.9 Å². The van der Waals surface area contributed by atoms with Gasteiger partial charge in [-0.25, -0.2) is 4.39 Å². The van der Waals surface area contributed by atoms with Crippen molar-refractivity contribution >= 4 is 23.2 Å². The topological polar surface area (TPSA) is 9.23 Å². The van der Waals surface area contributed by atoms with Crippen LogP contribution in [0.2, 0.25) is 10.0 Å². The number of hydrogen-bond donors (Lipinski definition) is 0. The fourth-order valence-electron chi connectivity index (χ4n) is 1.54.